The fraction of sp³-hybridized carbons (Fsp3) is 0.529. The number of ether oxygens (including phenoxy) is 1. The molecule has 1 aromatic carbocycles. The van der Waals surface area contributed by atoms with Crippen molar-refractivity contribution in [2.45, 2.75) is 39.2 Å². The minimum atomic E-state index is -0.0972. The molecule has 0 spiro atoms. The lowest BCUT2D eigenvalue weighted by atomic mass is 10.2. The first-order chi connectivity index (χ1) is 10.5. The fourth-order valence-corrected chi connectivity index (χ4v) is 2.41. The van der Waals surface area contributed by atoms with Gasteiger partial charge in [-0.2, -0.15) is 0 Å². The minimum Gasteiger partial charge on any atom is -0.489 e. The fourth-order valence-electron chi connectivity index (χ4n) is 2.41. The van der Waals surface area contributed by atoms with Gasteiger partial charge in [-0.1, -0.05) is 17.7 Å². The molecule has 1 heterocycles. The van der Waals surface area contributed by atoms with Crippen LogP contribution in [0.15, 0.2) is 24.3 Å². The number of aryl methyl sites for hydroxylation is 1. The van der Waals surface area contributed by atoms with Crippen LogP contribution in [0.1, 0.15) is 31.7 Å². The molecule has 1 saturated heterocycles. The van der Waals surface area contributed by atoms with E-state index >= 15 is 0 Å². The van der Waals surface area contributed by atoms with Crippen molar-refractivity contribution in [1.29, 1.82) is 0 Å². The van der Waals surface area contributed by atoms with Crippen molar-refractivity contribution in [2.75, 3.05) is 19.6 Å². The lowest BCUT2D eigenvalue weighted by Crippen LogP contribution is -2.36. The first-order valence-electron chi connectivity index (χ1n) is 7.82. The van der Waals surface area contributed by atoms with Gasteiger partial charge in [0, 0.05) is 25.9 Å². The number of amides is 2. The molecule has 0 unspecified atom stereocenters. The van der Waals surface area contributed by atoms with E-state index in [4.69, 9.17) is 4.74 Å². The zero-order valence-electron chi connectivity index (χ0n) is 13.3. The first kappa shape index (κ1) is 16.3. The summed E-state index contributed by atoms with van der Waals surface area (Å²) in [6.45, 7) is 5.69. The Bertz CT molecular complexity index is 513. The maximum Gasteiger partial charge on any atom is 0.222 e. The second-order valence-electron chi connectivity index (χ2n) is 5.78. The zero-order chi connectivity index (χ0) is 15.9. The van der Waals surface area contributed by atoms with Crippen LogP contribution in [0.2, 0.25) is 0 Å². The third-order valence-corrected chi connectivity index (χ3v) is 3.73. The van der Waals surface area contributed by atoms with Crippen molar-refractivity contribution in [3.8, 4) is 5.75 Å². The zero-order valence-corrected chi connectivity index (χ0v) is 13.3. The molecule has 0 radical (unpaired) electrons. The van der Waals surface area contributed by atoms with Gasteiger partial charge in [-0.15, -0.1) is 0 Å². The van der Waals surface area contributed by atoms with Crippen LogP contribution in [0.25, 0.3) is 0 Å². The van der Waals surface area contributed by atoms with E-state index in [-0.39, 0.29) is 17.9 Å². The largest absolute Gasteiger partial charge is 0.489 e. The van der Waals surface area contributed by atoms with Crippen molar-refractivity contribution < 1.29 is 14.3 Å². The van der Waals surface area contributed by atoms with Crippen molar-refractivity contribution in [2.24, 2.45) is 0 Å². The molecule has 1 aliphatic rings. The average Bonchev–Trinajstić information content (AvgIpc) is 2.91. The molecular weight excluding hydrogens is 280 g/mol. The van der Waals surface area contributed by atoms with Crippen molar-refractivity contribution in [3.05, 3.63) is 29.8 Å². The number of benzene rings is 1. The van der Waals surface area contributed by atoms with Gasteiger partial charge in [0.25, 0.3) is 0 Å². The molecule has 0 aliphatic carbocycles. The van der Waals surface area contributed by atoms with E-state index in [1.165, 1.54) is 5.56 Å². The number of carbonyl (C=O) groups excluding carboxylic acids is 2. The minimum absolute atomic E-state index is 0.0425. The second-order valence-corrected chi connectivity index (χ2v) is 5.78. The lowest BCUT2D eigenvalue weighted by Gasteiger charge is -2.17. The van der Waals surface area contributed by atoms with Gasteiger partial charge in [0.05, 0.1) is 6.54 Å². The van der Waals surface area contributed by atoms with E-state index in [9.17, 15) is 9.59 Å². The summed E-state index contributed by atoms with van der Waals surface area (Å²) in [5.41, 5.74) is 1.18. The second kappa shape index (κ2) is 7.82. The van der Waals surface area contributed by atoms with Gasteiger partial charge in [0.1, 0.15) is 11.9 Å². The van der Waals surface area contributed by atoms with Crippen LogP contribution in [0.3, 0.4) is 0 Å². The Labute approximate surface area is 131 Å². The molecule has 0 saturated carbocycles. The quantitative estimate of drug-likeness (QED) is 0.837. The first-order valence-corrected chi connectivity index (χ1v) is 7.82. The number of rotatable bonds is 7. The SMILES string of the molecule is Cc1ccc(O[C@@H](C)CNC(=O)CCN2CCCC2=O)cc1. The summed E-state index contributed by atoms with van der Waals surface area (Å²) in [6, 6.07) is 7.83. The van der Waals surface area contributed by atoms with Gasteiger partial charge in [0.15, 0.2) is 0 Å². The summed E-state index contributed by atoms with van der Waals surface area (Å²) < 4.78 is 5.74. The molecule has 1 fully saturated rings. The lowest BCUT2D eigenvalue weighted by molar-refractivity contribution is -0.128. The van der Waals surface area contributed by atoms with E-state index < -0.39 is 0 Å². The normalized spacial score (nSPS) is 15.7. The molecule has 22 heavy (non-hydrogen) atoms. The number of likely N-dealkylation sites (tertiary alicyclic amines) is 1. The number of hydrogen-bond donors (Lipinski definition) is 1. The number of nitrogens with one attached hydrogen (secondary N) is 1. The van der Waals surface area contributed by atoms with Crippen molar-refractivity contribution >= 4 is 11.8 Å². The average molecular weight is 304 g/mol. The molecule has 1 aromatic rings. The molecule has 2 rings (SSSR count). The van der Waals surface area contributed by atoms with Crippen LogP contribution in [0, 0.1) is 6.92 Å². The van der Waals surface area contributed by atoms with Crippen LogP contribution < -0.4 is 10.1 Å². The molecule has 5 heteroatoms. The predicted octanol–water partition coefficient (Wildman–Crippen LogP) is 1.89. The molecular formula is C17H24N2O3. The number of hydrogen-bond acceptors (Lipinski definition) is 3. The van der Waals surface area contributed by atoms with Crippen molar-refractivity contribution in [3.63, 3.8) is 0 Å². The van der Waals surface area contributed by atoms with Gasteiger partial charge in [-0.05, 0) is 32.4 Å². The van der Waals surface area contributed by atoms with Gasteiger partial charge in [-0.3, -0.25) is 9.59 Å². The molecule has 1 atom stereocenters. The topological polar surface area (TPSA) is 58.6 Å². The Kier molecular flexibility index (Phi) is 5.81. The highest BCUT2D eigenvalue weighted by atomic mass is 16.5. The third kappa shape index (κ3) is 5.06. The molecule has 1 N–H and O–H groups in total. The number of carbonyl (C=O) groups is 2. The Morgan fingerprint density at radius 1 is 1.36 bits per heavy atom. The van der Waals surface area contributed by atoms with E-state index in [2.05, 4.69) is 5.32 Å². The van der Waals surface area contributed by atoms with Crippen LogP contribution in [-0.2, 0) is 9.59 Å². The van der Waals surface area contributed by atoms with Crippen molar-refractivity contribution in [1.82, 2.24) is 10.2 Å². The summed E-state index contributed by atoms with van der Waals surface area (Å²) in [7, 11) is 0. The maximum atomic E-state index is 11.8. The monoisotopic (exact) mass is 304 g/mol. The summed E-state index contributed by atoms with van der Waals surface area (Å²) >= 11 is 0. The molecule has 0 aromatic heterocycles. The van der Waals surface area contributed by atoms with E-state index in [0.717, 1.165) is 18.7 Å². The van der Waals surface area contributed by atoms with Crippen LogP contribution in [0.4, 0.5) is 0 Å². The molecule has 1 aliphatic heterocycles. The Hall–Kier alpha value is -2.04. The highest BCUT2D eigenvalue weighted by Gasteiger charge is 2.20. The van der Waals surface area contributed by atoms with Gasteiger partial charge >= 0.3 is 0 Å². The molecule has 5 nitrogen and oxygen atoms in total. The van der Waals surface area contributed by atoms with E-state index in [1.807, 2.05) is 38.1 Å². The molecule has 120 valence electrons. The number of nitrogens with zero attached hydrogens (tertiary/aromatic N) is 1. The van der Waals surface area contributed by atoms with Crippen LogP contribution >= 0.6 is 0 Å². The third-order valence-electron chi connectivity index (χ3n) is 3.73. The standard InChI is InChI=1S/C17H24N2O3/c1-13-5-7-15(8-6-13)22-14(2)12-18-16(20)9-11-19-10-3-4-17(19)21/h5-8,14H,3-4,9-12H2,1-2H3,(H,18,20)/t14-/m0/s1. The summed E-state index contributed by atoms with van der Waals surface area (Å²) in [6.07, 6.45) is 1.77. The maximum absolute atomic E-state index is 11.8. The van der Waals surface area contributed by atoms with Gasteiger partial charge in [0.2, 0.25) is 11.8 Å². The smallest absolute Gasteiger partial charge is 0.222 e. The molecule has 2 amide bonds. The van der Waals surface area contributed by atoms with Crippen LogP contribution in [-0.4, -0.2) is 42.5 Å². The highest BCUT2D eigenvalue weighted by Crippen LogP contribution is 2.13. The Morgan fingerprint density at radius 2 is 2.09 bits per heavy atom. The van der Waals surface area contributed by atoms with E-state index in [1.54, 1.807) is 4.90 Å². The predicted molar refractivity (Wildman–Crippen MR) is 84.7 cm³/mol. The summed E-state index contributed by atoms with van der Waals surface area (Å²) in [5.74, 6) is 0.915. The Balaban J connectivity index is 1.64. The highest BCUT2D eigenvalue weighted by molar-refractivity contribution is 5.80. The van der Waals surface area contributed by atoms with Gasteiger partial charge < -0.3 is 15.0 Å². The van der Waals surface area contributed by atoms with Gasteiger partial charge in [-0.25, -0.2) is 0 Å². The molecule has 0 bridgehead atoms. The van der Waals surface area contributed by atoms with E-state index in [0.29, 0.717) is 25.9 Å². The Morgan fingerprint density at radius 3 is 2.73 bits per heavy atom. The summed E-state index contributed by atoms with van der Waals surface area (Å²) in [5, 5.41) is 2.85. The summed E-state index contributed by atoms with van der Waals surface area (Å²) in [4.78, 5) is 25.0. The van der Waals surface area contributed by atoms with Crippen LogP contribution in [0.5, 0.6) is 5.75 Å².